The van der Waals surface area contributed by atoms with E-state index in [9.17, 15) is 9.59 Å². The van der Waals surface area contributed by atoms with Gasteiger partial charge >= 0.3 is 0 Å². The normalized spacial score (nSPS) is 22.0. The topological polar surface area (TPSA) is 87.9 Å². The summed E-state index contributed by atoms with van der Waals surface area (Å²) in [6, 6.07) is 2.12. The van der Waals surface area contributed by atoms with Crippen molar-refractivity contribution in [2.75, 3.05) is 46.4 Å². The Hall–Kier alpha value is -1.93. The number of rotatable bonds is 6. The molecule has 1 atom stereocenters. The maximum Gasteiger partial charge on any atom is 0.276 e. The molecule has 0 aromatic carbocycles. The summed E-state index contributed by atoms with van der Waals surface area (Å²) < 4.78 is 10.0. The van der Waals surface area contributed by atoms with Crippen LogP contribution in [0.3, 0.4) is 0 Å². The molecule has 150 valence electrons. The van der Waals surface area contributed by atoms with E-state index in [1.807, 2.05) is 4.90 Å². The molecular weight excluding hydrogens is 348 g/mol. The van der Waals surface area contributed by atoms with E-state index in [4.69, 9.17) is 9.26 Å². The van der Waals surface area contributed by atoms with E-state index in [1.165, 1.54) is 0 Å². The molecule has 0 unspecified atom stereocenters. The first-order valence-electron chi connectivity index (χ1n) is 9.81. The van der Waals surface area contributed by atoms with Crippen LogP contribution < -0.4 is 5.32 Å². The van der Waals surface area contributed by atoms with Gasteiger partial charge in [-0.05, 0) is 39.2 Å². The van der Waals surface area contributed by atoms with E-state index in [0.29, 0.717) is 30.6 Å². The van der Waals surface area contributed by atoms with Gasteiger partial charge in [-0.1, -0.05) is 5.16 Å². The first kappa shape index (κ1) is 19.8. The molecule has 1 N–H and O–H groups in total. The van der Waals surface area contributed by atoms with Gasteiger partial charge in [0.05, 0.1) is 12.5 Å². The molecule has 3 rings (SSSR count). The molecule has 0 saturated carbocycles. The smallest absolute Gasteiger partial charge is 0.276 e. The molecule has 0 aliphatic carbocycles. The number of ether oxygens (including phenoxy) is 1. The van der Waals surface area contributed by atoms with Crippen LogP contribution in [0, 0.1) is 12.8 Å². The first-order chi connectivity index (χ1) is 13.1. The van der Waals surface area contributed by atoms with E-state index in [1.54, 1.807) is 20.1 Å². The number of hydrogen-bond acceptors (Lipinski definition) is 6. The molecule has 8 heteroatoms. The van der Waals surface area contributed by atoms with Gasteiger partial charge in [-0.3, -0.25) is 14.5 Å². The highest BCUT2D eigenvalue weighted by atomic mass is 16.5. The Kier molecular flexibility index (Phi) is 6.84. The SMILES string of the molecule is COCCNC(=O)[C@H]1CCCN(C2CCN(C(=O)c3cc(C)on3)CC2)C1. The van der Waals surface area contributed by atoms with Gasteiger partial charge in [0.15, 0.2) is 5.69 Å². The minimum atomic E-state index is -0.0562. The standard InChI is InChI=1S/C19H30N4O4/c1-14-12-17(21-27-14)19(25)22-9-5-16(6-10-22)23-8-3-4-15(13-23)18(24)20-7-11-26-2/h12,15-16H,3-11,13H2,1-2H3,(H,20,24)/t15-/m0/s1. The highest BCUT2D eigenvalue weighted by Crippen LogP contribution is 2.24. The lowest BCUT2D eigenvalue weighted by molar-refractivity contribution is -0.127. The van der Waals surface area contributed by atoms with Gasteiger partial charge in [0, 0.05) is 45.4 Å². The third kappa shape index (κ3) is 5.07. The van der Waals surface area contributed by atoms with Gasteiger partial charge < -0.3 is 19.5 Å². The van der Waals surface area contributed by atoms with E-state index in [0.717, 1.165) is 51.9 Å². The average Bonchev–Trinajstić information content (AvgIpc) is 3.14. The number of piperidine rings is 2. The van der Waals surface area contributed by atoms with Gasteiger partial charge in [0.25, 0.3) is 5.91 Å². The maximum absolute atomic E-state index is 12.5. The summed E-state index contributed by atoms with van der Waals surface area (Å²) in [6.45, 7) is 6.16. The third-order valence-electron chi connectivity index (χ3n) is 5.54. The lowest BCUT2D eigenvalue weighted by Gasteiger charge is -2.41. The molecule has 0 bridgehead atoms. The lowest BCUT2D eigenvalue weighted by Crippen LogP contribution is -2.51. The van der Waals surface area contributed by atoms with Crippen molar-refractivity contribution < 1.29 is 18.8 Å². The summed E-state index contributed by atoms with van der Waals surface area (Å²) in [5.74, 6) is 0.773. The minimum Gasteiger partial charge on any atom is -0.383 e. The van der Waals surface area contributed by atoms with Gasteiger partial charge in [-0.2, -0.15) is 0 Å². The summed E-state index contributed by atoms with van der Waals surface area (Å²) in [4.78, 5) is 29.1. The van der Waals surface area contributed by atoms with Crippen LogP contribution in [0.15, 0.2) is 10.6 Å². The van der Waals surface area contributed by atoms with Crippen LogP contribution in [0.4, 0.5) is 0 Å². The van der Waals surface area contributed by atoms with Crippen LogP contribution >= 0.6 is 0 Å². The van der Waals surface area contributed by atoms with E-state index < -0.39 is 0 Å². The molecule has 27 heavy (non-hydrogen) atoms. The summed E-state index contributed by atoms with van der Waals surface area (Å²) in [6.07, 6.45) is 3.85. The zero-order valence-corrected chi connectivity index (χ0v) is 16.3. The molecule has 2 aliphatic heterocycles. The molecule has 0 radical (unpaired) electrons. The van der Waals surface area contributed by atoms with Crippen LogP contribution in [0.2, 0.25) is 0 Å². The van der Waals surface area contributed by atoms with Crippen LogP contribution in [-0.4, -0.2) is 79.3 Å². The van der Waals surface area contributed by atoms with E-state index in [-0.39, 0.29) is 17.7 Å². The highest BCUT2D eigenvalue weighted by molar-refractivity contribution is 5.92. The summed E-state index contributed by atoms with van der Waals surface area (Å²) in [5.41, 5.74) is 0.386. The quantitative estimate of drug-likeness (QED) is 0.745. The maximum atomic E-state index is 12.5. The van der Waals surface area contributed by atoms with Crippen molar-refractivity contribution in [1.29, 1.82) is 0 Å². The Bertz CT molecular complexity index is 639. The number of nitrogens with one attached hydrogen (secondary N) is 1. The molecule has 2 fully saturated rings. The Balaban J connectivity index is 1.47. The monoisotopic (exact) mass is 378 g/mol. The lowest BCUT2D eigenvalue weighted by atomic mass is 9.93. The number of aromatic nitrogens is 1. The molecule has 3 heterocycles. The molecule has 1 aromatic heterocycles. The van der Waals surface area contributed by atoms with Crippen LogP contribution in [0.5, 0.6) is 0 Å². The van der Waals surface area contributed by atoms with Crippen molar-refractivity contribution in [3.05, 3.63) is 17.5 Å². The Morgan fingerprint density at radius 2 is 2.07 bits per heavy atom. The predicted molar refractivity (Wildman–Crippen MR) is 99.3 cm³/mol. The molecule has 2 aliphatic rings. The van der Waals surface area contributed by atoms with Crippen LogP contribution in [0.25, 0.3) is 0 Å². The number of carbonyl (C=O) groups excluding carboxylic acids is 2. The predicted octanol–water partition coefficient (Wildman–Crippen LogP) is 1.06. The number of aryl methyl sites for hydroxylation is 1. The summed E-state index contributed by atoms with van der Waals surface area (Å²) in [7, 11) is 1.63. The number of amides is 2. The third-order valence-corrected chi connectivity index (χ3v) is 5.54. The Morgan fingerprint density at radius 3 is 2.74 bits per heavy atom. The van der Waals surface area contributed by atoms with Crippen molar-refractivity contribution in [2.24, 2.45) is 5.92 Å². The molecule has 2 amide bonds. The second-order valence-corrected chi connectivity index (χ2v) is 7.46. The zero-order valence-electron chi connectivity index (χ0n) is 16.3. The fourth-order valence-corrected chi connectivity index (χ4v) is 4.04. The molecule has 1 aromatic rings. The van der Waals surface area contributed by atoms with Crippen LogP contribution in [-0.2, 0) is 9.53 Å². The fraction of sp³-hybridized carbons (Fsp3) is 0.737. The van der Waals surface area contributed by atoms with E-state index in [2.05, 4.69) is 15.4 Å². The number of methoxy groups -OCH3 is 1. The van der Waals surface area contributed by atoms with E-state index >= 15 is 0 Å². The average molecular weight is 378 g/mol. The van der Waals surface area contributed by atoms with Crippen molar-refractivity contribution in [2.45, 2.75) is 38.6 Å². The van der Waals surface area contributed by atoms with Gasteiger partial charge in [0.2, 0.25) is 5.91 Å². The van der Waals surface area contributed by atoms with Crippen LogP contribution in [0.1, 0.15) is 41.9 Å². The Labute approximate surface area is 160 Å². The molecule has 8 nitrogen and oxygen atoms in total. The van der Waals surface area contributed by atoms with Gasteiger partial charge in [0.1, 0.15) is 5.76 Å². The Morgan fingerprint density at radius 1 is 1.30 bits per heavy atom. The minimum absolute atomic E-state index is 0.0494. The summed E-state index contributed by atoms with van der Waals surface area (Å²) >= 11 is 0. The van der Waals surface area contributed by atoms with Gasteiger partial charge in [-0.25, -0.2) is 0 Å². The fourth-order valence-electron chi connectivity index (χ4n) is 4.04. The molecular formula is C19H30N4O4. The molecule has 2 saturated heterocycles. The second-order valence-electron chi connectivity index (χ2n) is 7.46. The van der Waals surface area contributed by atoms with Crippen molar-refractivity contribution in [3.63, 3.8) is 0 Å². The largest absolute Gasteiger partial charge is 0.383 e. The second kappa shape index (κ2) is 9.32. The van der Waals surface area contributed by atoms with Gasteiger partial charge in [-0.15, -0.1) is 0 Å². The highest BCUT2D eigenvalue weighted by Gasteiger charge is 2.33. The first-order valence-corrected chi connectivity index (χ1v) is 9.81. The summed E-state index contributed by atoms with van der Waals surface area (Å²) in [5, 5.41) is 6.79. The number of likely N-dealkylation sites (tertiary alicyclic amines) is 2. The number of carbonyl (C=O) groups is 2. The number of hydrogen-bond donors (Lipinski definition) is 1. The van der Waals surface area contributed by atoms with Crippen molar-refractivity contribution in [1.82, 2.24) is 20.3 Å². The molecule has 0 spiro atoms. The number of nitrogens with zero attached hydrogens (tertiary/aromatic N) is 3. The van der Waals surface area contributed by atoms with Crippen molar-refractivity contribution >= 4 is 11.8 Å². The van der Waals surface area contributed by atoms with Crippen molar-refractivity contribution in [3.8, 4) is 0 Å². The zero-order chi connectivity index (χ0) is 19.2.